The van der Waals surface area contributed by atoms with E-state index in [-0.39, 0.29) is 12.5 Å². The third-order valence-corrected chi connectivity index (χ3v) is 4.54. The van der Waals surface area contributed by atoms with Gasteiger partial charge in [0, 0.05) is 24.2 Å². The van der Waals surface area contributed by atoms with Crippen LogP contribution in [0.2, 0.25) is 0 Å². The van der Waals surface area contributed by atoms with Gasteiger partial charge in [-0.2, -0.15) is 0 Å². The maximum absolute atomic E-state index is 12.4. The van der Waals surface area contributed by atoms with Crippen LogP contribution in [0.25, 0.3) is 0 Å². The van der Waals surface area contributed by atoms with Crippen LogP contribution >= 0.6 is 0 Å². The molecule has 0 spiro atoms. The molecule has 2 aromatic carbocycles. The Bertz CT molecular complexity index is 909. The van der Waals surface area contributed by atoms with Crippen LogP contribution in [0.4, 0.5) is 5.69 Å². The fourth-order valence-corrected chi connectivity index (χ4v) is 2.97. The molecule has 3 rings (SSSR count). The zero-order valence-electron chi connectivity index (χ0n) is 15.8. The zero-order chi connectivity index (χ0) is 20.1. The fourth-order valence-electron chi connectivity index (χ4n) is 2.97. The molecule has 0 bridgehead atoms. The van der Waals surface area contributed by atoms with Gasteiger partial charge in [0.25, 0.3) is 5.91 Å². The largest absolute Gasteiger partial charge is 0.496 e. The molecule has 2 aromatic rings. The summed E-state index contributed by atoms with van der Waals surface area (Å²) in [5, 5.41) is 5.50. The first-order valence-corrected chi connectivity index (χ1v) is 9.01. The molecule has 28 heavy (non-hydrogen) atoms. The van der Waals surface area contributed by atoms with Crippen LogP contribution in [0.15, 0.2) is 42.5 Å². The lowest BCUT2D eigenvalue weighted by Gasteiger charge is -2.18. The van der Waals surface area contributed by atoms with Crippen molar-refractivity contribution in [3.05, 3.63) is 59.2 Å². The van der Waals surface area contributed by atoms with Gasteiger partial charge in [-0.25, -0.2) is 4.79 Å². The van der Waals surface area contributed by atoms with E-state index in [0.29, 0.717) is 29.8 Å². The molecule has 1 heterocycles. The second-order valence-electron chi connectivity index (χ2n) is 6.50. The number of anilines is 1. The fraction of sp³-hybridized carbons (Fsp3) is 0.286. The minimum atomic E-state index is -0.946. The highest BCUT2D eigenvalue weighted by Crippen LogP contribution is 2.24. The molecule has 0 fully saturated rings. The molecule has 1 aliphatic rings. The molecule has 1 unspecified atom stereocenters. The van der Waals surface area contributed by atoms with Gasteiger partial charge >= 0.3 is 5.97 Å². The molecule has 2 amide bonds. The monoisotopic (exact) mass is 382 g/mol. The zero-order valence-corrected chi connectivity index (χ0v) is 15.8. The Hall–Kier alpha value is -3.35. The van der Waals surface area contributed by atoms with Gasteiger partial charge in [-0.15, -0.1) is 0 Å². The number of aryl methyl sites for hydroxylation is 1. The Labute approximate surface area is 163 Å². The van der Waals surface area contributed by atoms with E-state index in [1.807, 2.05) is 24.3 Å². The summed E-state index contributed by atoms with van der Waals surface area (Å²) in [6.07, 6.45) is 0.00255. The van der Waals surface area contributed by atoms with Gasteiger partial charge < -0.3 is 20.1 Å². The maximum atomic E-state index is 12.4. The second kappa shape index (κ2) is 8.56. The molecular formula is C21H22N2O5. The van der Waals surface area contributed by atoms with E-state index in [0.717, 1.165) is 11.1 Å². The lowest BCUT2D eigenvalue weighted by Crippen LogP contribution is -2.35. The first-order valence-electron chi connectivity index (χ1n) is 9.01. The van der Waals surface area contributed by atoms with Crippen molar-refractivity contribution in [1.29, 1.82) is 0 Å². The Morgan fingerprint density at radius 3 is 2.75 bits per heavy atom. The first kappa shape index (κ1) is 19.4. The molecular weight excluding hydrogens is 360 g/mol. The summed E-state index contributed by atoms with van der Waals surface area (Å²) in [5.74, 6) is -0.346. The Morgan fingerprint density at radius 2 is 1.96 bits per heavy atom. The van der Waals surface area contributed by atoms with Gasteiger partial charge in [-0.05, 0) is 43.2 Å². The molecule has 1 aliphatic heterocycles. The van der Waals surface area contributed by atoms with Crippen LogP contribution in [0.5, 0.6) is 5.75 Å². The molecule has 2 N–H and O–H groups in total. The van der Waals surface area contributed by atoms with Gasteiger partial charge in [0.15, 0.2) is 6.10 Å². The molecule has 1 atom stereocenters. The first-order chi connectivity index (χ1) is 13.5. The van der Waals surface area contributed by atoms with Crippen LogP contribution in [0.3, 0.4) is 0 Å². The average Bonchev–Trinajstić information content (AvgIpc) is 2.71. The molecule has 0 aliphatic carbocycles. The lowest BCUT2D eigenvalue weighted by molar-refractivity contribution is -0.129. The van der Waals surface area contributed by atoms with Crippen molar-refractivity contribution in [3.63, 3.8) is 0 Å². The van der Waals surface area contributed by atoms with E-state index in [1.54, 1.807) is 25.3 Å². The van der Waals surface area contributed by atoms with Gasteiger partial charge in [-0.3, -0.25) is 9.59 Å². The molecule has 0 saturated carbocycles. The van der Waals surface area contributed by atoms with Crippen molar-refractivity contribution in [2.24, 2.45) is 0 Å². The number of para-hydroxylation sites is 1. The second-order valence-corrected chi connectivity index (χ2v) is 6.50. The van der Waals surface area contributed by atoms with Crippen molar-refractivity contribution >= 4 is 23.5 Å². The van der Waals surface area contributed by atoms with E-state index in [9.17, 15) is 14.4 Å². The number of ether oxygens (including phenoxy) is 2. The summed E-state index contributed by atoms with van der Waals surface area (Å²) in [6, 6.07) is 12.3. The molecule has 0 saturated heterocycles. The highest BCUT2D eigenvalue weighted by molar-refractivity contribution is 5.96. The van der Waals surface area contributed by atoms with E-state index in [2.05, 4.69) is 10.6 Å². The maximum Gasteiger partial charge on any atom is 0.338 e. The standard InChI is InChI=1S/C21H22N2O5/c1-13(20(25)22-12-16-5-3-4-6-18(16)27-2)28-21(26)15-7-9-17-14(11-15)8-10-19(24)23-17/h3-7,9,11,13H,8,10,12H2,1-2H3,(H,22,25)(H,23,24). The highest BCUT2D eigenvalue weighted by Gasteiger charge is 2.21. The number of rotatable bonds is 6. The number of amides is 2. The predicted molar refractivity (Wildman–Crippen MR) is 103 cm³/mol. The van der Waals surface area contributed by atoms with Crippen LogP contribution in [-0.2, 0) is 27.3 Å². The summed E-state index contributed by atoms with van der Waals surface area (Å²) >= 11 is 0. The van der Waals surface area contributed by atoms with Gasteiger partial charge in [-0.1, -0.05) is 18.2 Å². The molecule has 146 valence electrons. The summed E-state index contributed by atoms with van der Waals surface area (Å²) in [7, 11) is 1.56. The van der Waals surface area contributed by atoms with Crippen LogP contribution in [0, 0.1) is 0 Å². The van der Waals surface area contributed by atoms with Crippen molar-refractivity contribution in [1.82, 2.24) is 5.32 Å². The molecule has 7 nitrogen and oxygen atoms in total. The predicted octanol–water partition coefficient (Wildman–Crippen LogP) is 2.44. The Balaban J connectivity index is 1.58. The number of fused-ring (bicyclic) bond motifs is 1. The smallest absolute Gasteiger partial charge is 0.338 e. The van der Waals surface area contributed by atoms with E-state index in [4.69, 9.17) is 9.47 Å². The number of methoxy groups -OCH3 is 1. The van der Waals surface area contributed by atoms with Crippen LogP contribution < -0.4 is 15.4 Å². The van der Waals surface area contributed by atoms with Crippen molar-refractivity contribution in [2.45, 2.75) is 32.4 Å². The Morgan fingerprint density at radius 1 is 1.18 bits per heavy atom. The molecule has 0 radical (unpaired) electrons. The summed E-state index contributed by atoms with van der Waals surface area (Å²) < 4.78 is 10.5. The van der Waals surface area contributed by atoms with Crippen molar-refractivity contribution in [3.8, 4) is 5.75 Å². The number of hydrogen-bond acceptors (Lipinski definition) is 5. The van der Waals surface area contributed by atoms with E-state index < -0.39 is 18.0 Å². The summed E-state index contributed by atoms with van der Waals surface area (Å²) in [5.41, 5.74) is 2.76. The molecule has 0 aromatic heterocycles. The van der Waals surface area contributed by atoms with E-state index in [1.165, 1.54) is 6.92 Å². The average molecular weight is 382 g/mol. The van der Waals surface area contributed by atoms with Gasteiger partial charge in [0.1, 0.15) is 5.75 Å². The quantitative estimate of drug-likeness (QED) is 0.749. The van der Waals surface area contributed by atoms with Crippen molar-refractivity contribution < 1.29 is 23.9 Å². The number of carbonyl (C=O) groups excluding carboxylic acids is 3. The number of carbonyl (C=O) groups is 3. The summed E-state index contributed by atoms with van der Waals surface area (Å²) in [4.78, 5) is 36.1. The number of nitrogens with one attached hydrogen (secondary N) is 2. The minimum absolute atomic E-state index is 0.0387. The van der Waals surface area contributed by atoms with E-state index >= 15 is 0 Å². The summed E-state index contributed by atoms with van der Waals surface area (Å²) in [6.45, 7) is 1.79. The van der Waals surface area contributed by atoms with Crippen molar-refractivity contribution in [2.75, 3.05) is 12.4 Å². The van der Waals surface area contributed by atoms with Gasteiger partial charge in [0.05, 0.1) is 12.7 Å². The molecule has 7 heteroatoms. The van der Waals surface area contributed by atoms with Gasteiger partial charge in [0.2, 0.25) is 5.91 Å². The number of hydrogen-bond donors (Lipinski definition) is 2. The minimum Gasteiger partial charge on any atom is -0.496 e. The SMILES string of the molecule is COc1ccccc1CNC(=O)C(C)OC(=O)c1ccc2c(c1)CCC(=O)N2. The highest BCUT2D eigenvalue weighted by atomic mass is 16.5. The third-order valence-electron chi connectivity index (χ3n) is 4.54. The Kier molecular flexibility index (Phi) is 5.93. The van der Waals surface area contributed by atoms with Crippen LogP contribution in [-0.4, -0.2) is 31.0 Å². The normalized spacial score (nSPS) is 13.7. The third kappa shape index (κ3) is 4.49. The van der Waals surface area contributed by atoms with Crippen LogP contribution in [0.1, 0.15) is 34.8 Å². The lowest BCUT2D eigenvalue weighted by atomic mass is 10.0. The number of esters is 1. The topological polar surface area (TPSA) is 93.7 Å². The number of benzene rings is 2.